The first-order valence-corrected chi connectivity index (χ1v) is 5.52. The van der Waals surface area contributed by atoms with Gasteiger partial charge < -0.3 is 20.4 Å². The summed E-state index contributed by atoms with van der Waals surface area (Å²) in [6.07, 6.45) is 1.03. The number of hydrogen-bond acceptors (Lipinski definition) is 5. The molecule has 1 aliphatic heterocycles. The standard InChI is InChI=1S/C10H21NO4/c12-5-3-1-2-4-11-6-9(14)10(15)8(11)7-13/h8-10,12-15H,1-7H2/t8-,9-,10-/m0/s1. The van der Waals surface area contributed by atoms with Crippen LogP contribution in [0, 0.1) is 0 Å². The summed E-state index contributed by atoms with van der Waals surface area (Å²) in [5, 5.41) is 36.6. The van der Waals surface area contributed by atoms with Gasteiger partial charge in [0, 0.05) is 13.2 Å². The second-order valence-corrected chi connectivity index (χ2v) is 4.09. The van der Waals surface area contributed by atoms with Crippen molar-refractivity contribution in [1.82, 2.24) is 4.90 Å². The van der Waals surface area contributed by atoms with Crippen molar-refractivity contribution in [3.63, 3.8) is 0 Å². The molecule has 0 aromatic rings. The van der Waals surface area contributed by atoms with Crippen LogP contribution in [0.5, 0.6) is 0 Å². The zero-order valence-corrected chi connectivity index (χ0v) is 8.92. The predicted octanol–water partition coefficient (Wildman–Crippen LogP) is -1.45. The molecule has 0 unspecified atom stereocenters. The van der Waals surface area contributed by atoms with Crippen LogP contribution in [0.2, 0.25) is 0 Å². The molecule has 5 heteroatoms. The molecule has 0 saturated carbocycles. The molecule has 0 amide bonds. The Morgan fingerprint density at radius 3 is 2.40 bits per heavy atom. The Morgan fingerprint density at radius 2 is 1.80 bits per heavy atom. The third-order valence-electron chi connectivity index (χ3n) is 2.97. The molecule has 0 aromatic heterocycles. The van der Waals surface area contributed by atoms with Gasteiger partial charge in [0.2, 0.25) is 0 Å². The fourth-order valence-electron chi connectivity index (χ4n) is 2.04. The van der Waals surface area contributed by atoms with Gasteiger partial charge in [0.05, 0.1) is 24.9 Å². The largest absolute Gasteiger partial charge is 0.396 e. The number of unbranched alkanes of at least 4 members (excludes halogenated alkanes) is 2. The smallest absolute Gasteiger partial charge is 0.0988 e. The molecule has 0 aromatic carbocycles. The van der Waals surface area contributed by atoms with Gasteiger partial charge in [-0.1, -0.05) is 0 Å². The Morgan fingerprint density at radius 1 is 1.07 bits per heavy atom. The number of likely N-dealkylation sites (tertiary alicyclic amines) is 1. The normalized spacial score (nSPS) is 32.4. The number of aliphatic hydroxyl groups excluding tert-OH is 4. The Kier molecular flexibility index (Phi) is 5.49. The van der Waals surface area contributed by atoms with Crippen LogP contribution in [-0.2, 0) is 0 Å². The van der Waals surface area contributed by atoms with E-state index in [0.717, 1.165) is 25.8 Å². The third kappa shape index (κ3) is 3.39. The van der Waals surface area contributed by atoms with Crippen LogP contribution >= 0.6 is 0 Å². The molecule has 1 aliphatic rings. The molecule has 1 heterocycles. The van der Waals surface area contributed by atoms with Gasteiger partial charge in [-0.2, -0.15) is 0 Å². The number of aliphatic hydroxyl groups is 4. The van der Waals surface area contributed by atoms with Gasteiger partial charge in [0.1, 0.15) is 0 Å². The van der Waals surface area contributed by atoms with Crippen LogP contribution in [0.25, 0.3) is 0 Å². The summed E-state index contributed by atoms with van der Waals surface area (Å²) < 4.78 is 0. The molecule has 0 bridgehead atoms. The topological polar surface area (TPSA) is 84.2 Å². The Bertz CT molecular complexity index is 179. The van der Waals surface area contributed by atoms with Gasteiger partial charge in [0.25, 0.3) is 0 Å². The van der Waals surface area contributed by atoms with Gasteiger partial charge in [-0.3, -0.25) is 4.90 Å². The van der Waals surface area contributed by atoms with E-state index in [1.165, 1.54) is 0 Å². The van der Waals surface area contributed by atoms with E-state index >= 15 is 0 Å². The molecule has 0 radical (unpaired) electrons. The lowest BCUT2D eigenvalue weighted by Gasteiger charge is -2.23. The zero-order valence-electron chi connectivity index (χ0n) is 8.92. The molecule has 1 saturated heterocycles. The number of nitrogens with zero attached hydrogens (tertiary/aromatic N) is 1. The van der Waals surface area contributed by atoms with E-state index in [1.54, 1.807) is 0 Å². The number of hydrogen-bond donors (Lipinski definition) is 4. The predicted molar refractivity (Wildman–Crippen MR) is 55.4 cm³/mol. The van der Waals surface area contributed by atoms with Gasteiger partial charge in [0.15, 0.2) is 0 Å². The molecular weight excluding hydrogens is 198 g/mol. The van der Waals surface area contributed by atoms with Crippen LogP contribution < -0.4 is 0 Å². The summed E-state index contributed by atoms with van der Waals surface area (Å²) in [5.74, 6) is 0. The van der Waals surface area contributed by atoms with Gasteiger partial charge in [-0.25, -0.2) is 0 Å². The zero-order chi connectivity index (χ0) is 11.3. The third-order valence-corrected chi connectivity index (χ3v) is 2.97. The average molecular weight is 219 g/mol. The van der Waals surface area contributed by atoms with Gasteiger partial charge in [-0.05, 0) is 25.8 Å². The minimum atomic E-state index is -0.840. The maximum Gasteiger partial charge on any atom is 0.0988 e. The van der Waals surface area contributed by atoms with Crippen molar-refractivity contribution in [2.75, 3.05) is 26.3 Å². The van der Waals surface area contributed by atoms with Crippen LogP contribution in [0.1, 0.15) is 19.3 Å². The maximum atomic E-state index is 9.54. The van der Waals surface area contributed by atoms with Crippen molar-refractivity contribution in [3.05, 3.63) is 0 Å². The minimum absolute atomic E-state index is 0.127. The van der Waals surface area contributed by atoms with Crippen molar-refractivity contribution in [2.24, 2.45) is 0 Å². The van der Waals surface area contributed by atoms with Crippen LogP contribution in [0.15, 0.2) is 0 Å². The highest BCUT2D eigenvalue weighted by molar-refractivity contribution is 4.92. The quantitative estimate of drug-likeness (QED) is 0.411. The highest BCUT2D eigenvalue weighted by Crippen LogP contribution is 2.18. The van der Waals surface area contributed by atoms with Gasteiger partial charge >= 0.3 is 0 Å². The lowest BCUT2D eigenvalue weighted by atomic mass is 10.1. The van der Waals surface area contributed by atoms with Crippen molar-refractivity contribution >= 4 is 0 Å². The molecule has 15 heavy (non-hydrogen) atoms. The number of β-amino-alcohol motifs (C(OH)–C–C–N with tert-alkyl or cyclic N) is 1. The second-order valence-electron chi connectivity index (χ2n) is 4.09. The lowest BCUT2D eigenvalue weighted by molar-refractivity contribution is 0.0216. The molecule has 0 spiro atoms. The molecule has 90 valence electrons. The average Bonchev–Trinajstić information content (AvgIpc) is 2.50. The summed E-state index contributed by atoms with van der Waals surface area (Å²) in [7, 11) is 0. The van der Waals surface area contributed by atoms with E-state index in [1.807, 2.05) is 4.90 Å². The summed E-state index contributed by atoms with van der Waals surface area (Å²) >= 11 is 0. The van der Waals surface area contributed by atoms with Crippen molar-refractivity contribution in [1.29, 1.82) is 0 Å². The summed E-state index contributed by atoms with van der Waals surface area (Å²) in [5.41, 5.74) is 0. The first kappa shape index (κ1) is 12.9. The molecule has 3 atom stereocenters. The SMILES string of the molecule is OCCCCCN1C[C@H](O)[C@@H](O)[C@@H]1CO. The summed E-state index contributed by atoms with van der Waals surface area (Å²) in [6.45, 7) is 1.25. The van der Waals surface area contributed by atoms with E-state index in [2.05, 4.69) is 0 Å². The molecule has 1 fully saturated rings. The van der Waals surface area contributed by atoms with E-state index in [0.29, 0.717) is 6.54 Å². The first-order chi connectivity index (χ1) is 7.20. The molecule has 0 aliphatic carbocycles. The maximum absolute atomic E-state index is 9.54. The van der Waals surface area contributed by atoms with E-state index in [4.69, 9.17) is 10.2 Å². The van der Waals surface area contributed by atoms with Crippen molar-refractivity contribution < 1.29 is 20.4 Å². The molecular formula is C10H21NO4. The van der Waals surface area contributed by atoms with Crippen molar-refractivity contribution in [2.45, 2.75) is 37.5 Å². The summed E-state index contributed by atoms with van der Waals surface area (Å²) in [6, 6.07) is -0.339. The molecule has 5 nitrogen and oxygen atoms in total. The molecule has 4 N–H and O–H groups in total. The van der Waals surface area contributed by atoms with E-state index in [-0.39, 0.29) is 19.3 Å². The fraction of sp³-hybridized carbons (Fsp3) is 1.00. The van der Waals surface area contributed by atoms with Gasteiger partial charge in [-0.15, -0.1) is 0 Å². The van der Waals surface area contributed by atoms with Crippen molar-refractivity contribution in [3.8, 4) is 0 Å². The second kappa shape index (κ2) is 6.40. The van der Waals surface area contributed by atoms with Crippen LogP contribution in [0.3, 0.4) is 0 Å². The number of rotatable bonds is 6. The fourth-order valence-corrected chi connectivity index (χ4v) is 2.04. The lowest BCUT2D eigenvalue weighted by Crippen LogP contribution is -2.39. The monoisotopic (exact) mass is 219 g/mol. The summed E-state index contributed by atoms with van der Waals surface area (Å²) in [4.78, 5) is 1.91. The van der Waals surface area contributed by atoms with E-state index in [9.17, 15) is 10.2 Å². The van der Waals surface area contributed by atoms with Crippen LogP contribution in [0.4, 0.5) is 0 Å². The molecule has 1 rings (SSSR count). The first-order valence-electron chi connectivity index (χ1n) is 5.52. The highest BCUT2D eigenvalue weighted by Gasteiger charge is 2.38. The highest BCUT2D eigenvalue weighted by atomic mass is 16.3. The Hall–Kier alpha value is -0.200. The minimum Gasteiger partial charge on any atom is -0.396 e. The van der Waals surface area contributed by atoms with Crippen LogP contribution in [-0.4, -0.2) is 69.9 Å². The Labute approximate surface area is 90.0 Å². The Balaban J connectivity index is 2.28. The van der Waals surface area contributed by atoms with E-state index < -0.39 is 12.2 Å².